The Morgan fingerprint density at radius 1 is 0.585 bits per heavy atom. The fourth-order valence-corrected chi connectivity index (χ4v) is 7.86. The van der Waals surface area contributed by atoms with Gasteiger partial charge in [0.05, 0.1) is 33.1 Å². The maximum Gasteiger partial charge on any atom is 0.223 e. The molecule has 0 saturated carbocycles. The predicted octanol–water partition coefficient (Wildman–Crippen LogP) is 8.34. The summed E-state index contributed by atoms with van der Waals surface area (Å²) in [6, 6.07) is 32.3. The zero-order chi connectivity index (χ0) is 26.8. The minimum atomic E-state index is -0.137. The van der Waals surface area contributed by atoms with Gasteiger partial charge in [0.15, 0.2) is 0 Å². The third-order valence-corrected chi connectivity index (χ3v) is 9.55. The molecule has 11 rings (SSSR count). The molecule has 0 saturated heterocycles. The van der Waals surface area contributed by atoms with Crippen LogP contribution in [0.25, 0.3) is 83.2 Å². The van der Waals surface area contributed by atoms with Crippen molar-refractivity contribution < 1.29 is 4.42 Å². The number of furan rings is 1. The molecular formula is C35H21N5O. The summed E-state index contributed by atoms with van der Waals surface area (Å²) in [7, 11) is 0. The zero-order valence-electron chi connectivity index (χ0n) is 22.3. The molecule has 5 aromatic carbocycles. The molecule has 0 bridgehead atoms. The summed E-state index contributed by atoms with van der Waals surface area (Å²) in [5.41, 5.74) is 14.5. The number of para-hydroxylation sites is 2. The van der Waals surface area contributed by atoms with Gasteiger partial charge in [-0.15, -0.1) is 0 Å². The monoisotopic (exact) mass is 527 g/mol. The van der Waals surface area contributed by atoms with Gasteiger partial charge in [0, 0.05) is 22.3 Å². The molecule has 0 aliphatic heterocycles. The van der Waals surface area contributed by atoms with Crippen LogP contribution in [0.5, 0.6) is 0 Å². The number of aromatic nitrogens is 5. The minimum absolute atomic E-state index is 0.137. The van der Waals surface area contributed by atoms with Crippen LogP contribution < -0.4 is 0 Å². The van der Waals surface area contributed by atoms with E-state index in [0.717, 1.165) is 66.6 Å². The van der Waals surface area contributed by atoms with Crippen molar-refractivity contribution in [3.63, 3.8) is 0 Å². The highest BCUT2D eigenvalue weighted by molar-refractivity contribution is 6.11. The summed E-state index contributed by atoms with van der Waals surface area (Å²) in [6.45, 7) is 4.68. The normalized spacial score (nSPS) is 14.8. The molecule has 0 unspecified atom stereocenters. The van der Waals surface area contributed by atoms with E-state index in [1.54, 1.807) is 0 Å². The quantitative estimate of drug-likeness (QED) is 0.199. The molecule has 10 aromatic rings. The van der Waals surface area contributed by atoms with Gasteiger partial charge < -0.3 is 4.42 Å². The molecule has 5 heterocycles. The molecule has 192 valence electrons. The Bertz CT molecular complexity index is 2780. The van der Waals surface area contributed by atoms with E-state index in [2.05, 4.69) is 106 Å². The maximum atomic E-state index is 6.20. The molecule has 0 radical (unpaired) electrons. The van der Waals surface area contributed by atoms with E-state index in [1.165, 1.54) is 27.8 Å². The fraction of sp³-hybridized carbons (Fsp3) is 0.0857. The number of hydrogen-bond donors (Lipinski definition) is 0. The van der Waals surface area contributed by atoms with Crippen molar-refractivity contribution in [2.75, 3.05) is 0 Å². The van der Waals surface area contributed by atoms with E-state index >= 15 is 0 Å². The van der Waals surface area contributed by atoms with E-state index in [9.17, 15) is 0 Å². The lowest BCUT2D eigenvalue weighted by atomic mass is 9.82. The number of fused-ring (bicyclic) bond motifs is 17. The van der Waals surface area contributed by atoms with Crippen molar-refractivity contribution in [3.05, 3.63) is 102 Å². The van der Waals surface area contributed by atoms with E-state index in [4.69, 9.17) is 14.4 Å². The van der Waals surface area contributed by atoms with E-state index < -0.39 is 0 Å². The third-order valence-electron chi connectivity index (χ3n) is 9.55. The molecule has 0 atom stereocenters. The van der Waals surface area contributed by atoms with Crippen LogP contribution in [0.1, 0.15) is 25.0 Å². The summed E-state index contributed by atoms with van der Waals surface area (Å²) >= 11 is 0. The van der Waals surface area contributed by atoms with Gasteiger partial charge in [-0.2, -0.15) is 0 Å². The Kier molecular flexibility index (Phi) is 3.17. The SMILES string of the molecule is CC1(C)c2ccccc2-c2ccc3nc4n(c5cccc6c5n4c4nc5cc7oc8ccccc8c7cc5n64)c3c21. The largest absolute Gasteiger partial charge is 0.456 e. The number of hydrogen-bond acceptors (Lipinski definition) is 3. The molecular weight excluding hydrogens is 506 g/mol. The van der Waals surface area contributed by atoms with Crippen LogP contribution in [0.15, 0.2) is 95.4 Å². The second-order valence-corrected chi connectivity index (χ2v) is 11.9. The van der Waals surface area contributed by atoms with Crippen molar-refractivity contribution in [3.8, 4) is 11.1 Å². The zero-order valence-corrected chi connectivity index (χ0v) is 22.3. The fourth-order valence-electron chi connectivity index (χ4n) is 7.86. The minimum Gasteiger partial charge on any atom is -0.456 e. The Morgan fingerprint density at radius 2 is 1.37 bits per heavy atom. The van der Waals surface area contributed by atoms with Crippen LogP contribution in [0.4, 0.5) is 0 Å². The molecule has 5 aromatic heterocycles. The molecule has 0 fully saturated rings. The topological polar surface area (TPSA) is 52.2 Å². The van der Waals surface area contributed by atoms with Gasteiger partial charge in [0.1, 0.15) is 16.7 Å². The first-order valence-corrected chi connectivity index (χ1v) is 14.0. The highest BCUT2D eigenvalue weighted by Gasteiger charge is 2.38. The van der Waals surface area contributed by atoms with Crippen molar-refractivity contribution in [2.45, 2.75) is 19.3 Å². The van der Waals surface area contributed by atoms with Crippen LogP contribution in [0.3, 0.4) is 0 Å². The van der Waals surface area contributed by atoms with Gasteiger partial charge in [-0.25, -0.2) is 14.4 Å². The van der Waals surface area contributed by atoms with Crippen LogP contribution in [-0.4, -0.2) is 23.2 Å². The van der Waals surface area contributed by atoms with Crippen LogP contribution in [0.2, 0.25) is 0 Å². The first-order valence-electron chi connectivity index (χ1n) is 14.0. The molecule has 6 heteroatoms. The predicted molar refractivity (Wildman–Crippen MR) is 163 cm³/mol. The lowest BCUT2D eigenvalue weighted by Crippen LogP contribution is -2.16. The summed E-state index contributed by atoms with van der Waals surface area (Å²) in [5.74, 6) is 1.76. The maximum absolute atomic E-state index is 6.20. The molecule has 0 N–H and O–H groups in total. The molecule has 0 amide bonds. The number of rotatable bonds is 0. The van der Waals surface area contributed by atoms with E-state index in [1.807, 2.05) is 12.1 Å². The first-order chi connectivity index (χ1) is 20.1. The van der Waals surface area contributed by atoms with Crippen molar-refractivity contribution in [1.29, 1.82) is 0 Å². The van der Waals surface area contributed by atoms with Crippen molar-refractivity contribution in [1.82, 2.24) is 23.2 Å². The Balaban J connectivity index is 1.33. The second kappa shape index (κ2) is 6.34. The van der Waals surface area contributed by atoms with Crippen molar-refractivity contribution >= 4 is 72.1 Å². The lowest BCUT2D eigenvalue weighted by Gasteiger charge is -2.22. The van der Waals surface area contributed by atoms with Crippen molar-refractivity contribution in [2.24, 2.45) is 0 Å². The van der Waals surface area contributed by atoms with Gasteiger partial charge in [-0.05, 0) is 52.6 Å². The summed E-state index contributed by atoms with van der Waals surface area (Å²) < 4.78 is 13.1. The molecule has 1 aliphatic rings. The van der Waals surface area contributed by atoms with Gasteiger partial charge in [-0.3, -0.25) is 8.80 Å². The molecule has 0 spiro atoms. The highest BCUT2D eigenvalue weighted by Crippen LogP contribution is 2.51. The average Bonchev–Trinajstić information content (AvgIpc) is 3.79. The Morgan fingerprint density at radius 3 is 2.29 bits per heavy atom. The van der Waals surface area contributed by atoms with Crippen LogP contribution in [-0.2, 0) is 5.41 Å². The van der Waals surface area contributed by atoms with E-state index in [0.29, 0.717) is 0 Å². The summed E-state index contributed by atoms with van der Waals surface area (Å²) in [4.78, 5) is 10.5. The molecule has 1 aliphatic carbocycles. The first kappa shape index (κ1) is 20.5. The Labute approximate surface area is 232 Å². The number of imidazole rings is 4. The van der Waals surface area contributed by atoms with E-state index in [-0.39, 0.29) is 5.41 Å². The average molecular weight is 528 g/mol. The summed E-state index contributed by atoms with van der Waals surface area (Å²) in [6.07, 6.45) is 0. The van der Waals surface area contributed by atoms with Gasteiger partial charge in [-0.1, -0.05) is 68.4 Å². The standard InChI is InChI=1S/C35H21N5O/c1-35(2)22-10-5-3-8-18(22)20-14-15-23-31(30(20)35)39-26-12-7-11-25-32(26)40(34(39)36-23)33-37-24-17-29-21(16-27(24)38(25)33)19-9-4-6-13-28(19)41-29/h3-17H,1-2H3. The van der Waals surface area contributed by atoms with Gasteiger partial charge >= 0.3 is 0 Å². The Hall–Kier alpha value is -5.36. The van der Waals surface area contributed by atoms with Gasteiger partial charge in [0.25, 0.3) is 0 Å². The van der Waals surface area contributed by atoms with Gasteiger partial charge in [0.2, 0.25) is 11.6 Å². The highest BCUT2D eigenvalue weighted by atomic mass is 16.3. The third kappa shape index (κ3) is 2.13. The number of nitrogens with zero attached hydrogens (tertiary/aromatic N) is 5. The smallest absolute Gasteiger partial charge is 0.223 e. The second-order valence-electron chi connectivity index (χ2n) is 11.9. The molecule has 6 nitrogen and oxygen atoms in total. The molecule has 41 heavy (non-hydrogen) atoms. The number of benzene rings is 5. The van der Waals surface area contributed by atoms with Crippen LogP contribution in [0, 0.1) is 0 Å². The lowest BCUT2D eigenvalue weighted by molar-refractivity contribution is 0.664. The summed E-state index contributed by atoms with van der Waals surface area (Å²) in [5, 5.41) is 2.23. The van der Waals surface area contributed by atoms with Crippen LogP contribution >= 0.6 is 0 Å².